The van der Waals surface area contributed by atoms with E-state index in [1.54, 1.807) is 24.7 Å². The number of aromatic nitrogens is 2. The average molecular weight is 427 g/mol. The fourth-order valence-electron chi connectivity index (χ4n) is 4.37. The summed E-state index contributed by atoms with van der Waals surface area (Å²) < 4.78 is 22.7. The van der Waals surface area contributed by atoms with E-state index < -0.39 is 9.73 Å². The molecule has 7 heteroatoms. The van der Waals surface area contributed by atoms with Crippen molar-refractivity contribution in [3.05, 3.63) is 47.0 Å². The summed E-state index contributed by atoms with van der Waals surface area (Å²) in [7, 11) is -1.10. The quantitative estimate of drug-likeness (QED) is 0.496. The van der Waals surface area contributed by atoms with E-state index in [4.69, 9.17) is 4.78 Å². The normalized spacial score (nSPS) is 17.5. The first-order valence-corrected chi connectivity index (χ1v) is 12.5. The molecule has 1 unspecified atom stereocenters. The highest BCUT2D eigenvalue weighted by molar-refractivity contribution is 7.92. The predicted octanol–water partition coefficient (Wildman–Crippen LogP) is 5.09. The summed E-state index contributed by atoms with van der Waals surface area (Å²) in [5, 5.41) is 4.56. The third-order valence-electron chi connectivity index (χ3n) is 6.18. The number of aromatic amines is 1. The maximum atomic E-state index is 12.8. The van der Waals surface area contributed by atoms with Gasteiger partial charge in [0.2, 0.25) is 0 Å². The molecular weight excluding hydrogens is 396 g/mol. The summed E-state index contributed by atoms with van der Waals surface area (Å²) in [6.07, 6.45) is 10.9. The zero-order chi connectivity index (χ0) is 21.3. The van der Waals surface area contributed by atoms with Crippen molar-refractivity contribution in [2.24, 2.45) is 7.05 Å². The van der Waals surface area contributed by atoms with Crippen molar-refractivity contribution in [3.63, 3.8) is 0 Å². The van der Waals surface area contributed by atoms with Gasteiger partial charge < -0.3 is 14.9 Å². The van der Waals surface area contributed by atoms with Crippen LogP contribution in [-0.2, 0) is 16.8 Å². The molecule has 0 radical (unpaired) electrons. The Balaban J connectivity index is 1.89. The van der Waals surface area contributed by atoms with E-state index in [2.05, 4.69) is 10.3 Å². The molecule has 3 aromatic rings. The van der Waals surface area contributed by atoms with Crippen LogP contribution in [0.15, 0.2) is 46.3 Å². The van der Waals surface area contributed by atoms with Crippen LogP contribution in [0.2, 0.25) is 0 Å². The Labute approximate surface area is 177 Å². The number of aryl methyl sites for hydroxylation is 1. The van der Waals surface area contributed by atoms with Crippen LogP contribution < -0.4 is 10.9 Å². The second kappa shape index (κ2) is 8.30. The number of rotatable bonds is 5. The van der Waals surface area contributed by atoms with Crippen molar-refractivity contribution in [3.8, 4) is 11.1 Å². The third-order valence-corrected chi connectivity index (χ3v) is 8.01. The molecule has 0 bridgehead atoms. The van der Waals surface area contributed by atoms with Crippen LogP contribution in [0, 0.1) is 4.78 Å². The van der Waals surface area contributed by atoms with E-state index in [1.807, 2.05) is 30.5 Å². The van der Waals surface area contributed by atoms with Crippen molar-refractivity contribution in [2.75, 3.05) is 11.1 Å². The lowest BCUT2D eigenvalue weighted by atomic mass is 10.0. The zero-order valence-electron chi connectivity index (χ0n) is 17.7. The van der Waals surface area contributed by atoms with E-state index in [0.717, 1.165) is 35.0 Å². The van der Waals surface area contributed by atoms with Gasteiger partial charge in [0.15, 0.2) is 0 Å². The first kappa shape index (κ1) is 20.7. The standard InChI is InChI=1S/C23H30N4O2S/c1-3-30(24,29)17-10-11-21(26-16-8-6-4-5-7-9-16)19(14-17)20-15-27(2)23(28)22-18(20)12-13-25-22/h10-16,24-26H,3-9H2,1-2H3. The van der Waals surface area contributed by atoms with Gasteiger partial charge in [-0.2, -0.15) is 0 Å². The fraction of sp³-hybridized carbons (Fsp3) is 0.435. The molecule has 2 aromatic heterocycles. The molecule has 6 nitrogen and oxygen atoms in total. The first-order valence-electron chi connectivity index (χ1n) is 10.7. The SMILES string of the molecule is CCS(=N)(=O)c1ccc(NC2CCCCCC2)c(-c2cn(C)c(=O)c3[nH]ccc23)c1. The Bertz CT molecular complexity index is 1220. The summed E-state index contributed by atoms with van der Waals surface area (Å²) in [6.45, 7) is 1.78. The molecule has 1 saturated carbocycles. The number of nitrogens with one attached hydrogen (secondary N) is 3. The molecule has 1 fully saturated rings. The second-order valence-electron chi connectivity index (χ2n) is 8.23. The topological polar surface area (TPSA) is 90.7 Å². The molecule has 1 atom stereocenters. The van der Waals surface area contributed by atoms with E-state index in [9.17, 15) is 9.00 Å². The van der Waals surface area contributed by atoms with Gasteiger partial charge in [-0.3, -0.25) is 4.79 Å². The minimum Gasteiger partial charge on any atom is -0.382 e. The van der Waals surface area contributed by atoms with Gasteiger partial charge in [-0.15, -0.1) is 0 Å². The minimum absolute atomic E-state index is 0.0778. The van der Waals surface area contributed by atoms with Crippen LogP contribution in [0.4, 0.5) is 5.69 Å². The summed E-state index contributed by atoms with van der Waals surface area (Å²) in [5.41, 5.74) is 3.25. The van der Waals surface area contributed by atoms with Crippen LogP contribution in [0.5, 0.6) is 0 Å². The maximum Gasteiger partial charge on any atom is 0.274 e. The summed E-state index contributed by atoms with van der Waals surface area (Å²) in [5.74, 6) is 0.273. The molecule has 4 rings (SSSR count). The van der Waals surface area contributed by atoms with Crippen molar-refractivity contribution in [1.29, 1.82) is 4.78 Å². The Kier molecular flexibility index (Phi) is 5.73. The van der Waals surface area contributed by atoms with E-state index in [1.165, 1.54) is 25.7 Å². The lowest BCUT2D eigenvalue weighted by Crippen LogP contribution is -2.20. The van der Waals surface area contributed by atoms with E-state index >= 15 is 0 Å². The molecule has 0 amide bonds. The fourth-order valence-corrected chi connectivity index (χ4v) is 5.30. The van der Waals surface area contributed by atoms with Crippen LogP contribution in [0.25, 0.3) is 22.0 Å². The van der Waals surface area contributed by atoms with Gasteiger partial charge in [0, 0.05) is 58.3 Å². The van der Waals surface area contributed by atoms with Gasteiger partial charge in [0.25, 0.3) is 5.56 Å². The third kappa shape index (κ3) is 3.90. The molecule has 1 aliphatic carbocycles. The number of pyridine rings is 1. The van der Waals surface area contributed by atoms with E-state index in [-0.39, 0.29) is 11.3 Å². The number of fused-ring (bicyclic) bond motifs is 1. The van der Waals surface area contributed by atoms with Crippen LogP contribution >= 0.6 is 0 Å². The van der Waals surface area contributed by atoms with Crippen LogP contribution in [-0.4, -0.2) is 25.6 Å². The highest BCUT2D eigenvalue weighted by Gasteiger charge is 2.19. The highest BCUT2D eigenvalue weighted by atomic mass is 32.2. The molecular formula is C23H30N4O2S. The van der Waals surface area contributed by atoms with Crippen molar-refractivity contribution < 1.29 is 4.21 Å². The number of benzene rings is 1. The smallest absolute Gasteiger partial charge is 0.274 e. The molecule has 3 N–H and O–H groups in total. The predicted molar refractivity (Wildman–Crippen MR) is 124 cm³/mol. The number of nitrogens with zero attached hydrogens (tertiary/aromatic N) is 1. The molecule has 0 aliphatic heterocycles. The lowest BCUT2D eigenvalue weighted by Gasteiger charge is -2.22. The molecule has 1 aliphatic rings. The van der Waals surface area contributed by atoms with Gasteiger partial charge in [-0.25, -0.2) is 8.99 Å². The van der Waals surface area contributed by atoms with Crippen molar-refractivity contribution in [1.82, 2.24) is 9.55 Å². The Morgan fingerprint density at radius 2 is 1.90 bits per heavy atom. The molecule has 0 saturated heterocycles. The summed E-state index contributed by atoms with van der Waals surface area (Å²) >= 11 is 0. The summed E-state index contributed by atoms with van der Waals surface area (Å²) in [6, 6.07) is 7.97. The van der Waals surface area contributed by atoms with Crippen LogP contribution in [0.1, 0.15) is 45.4 Å². The highest BCUT2D eigenvalue weighted by Crippen LogP contribution is 2.36. The van der Waals surface area contributed by atoms with Crippen molar-refractivity contribution in [2.45, 2.75) is 56.4 Å². The largest absolute Gasteiger partial charge is 0.382 e. The molecule has 2 heterocycles. The lowest BCUT2D eigenvalue weighted by molar-refractivity contribution is 0.620. The average Bonchev–Trinajstić information content (AvgIpc) is 3.09. The number of hydrogen-bond donors (Lipinski definition) is 3. The second-order valence-corrected chi connectivity index (χ2v) is 10.6. The molecule has 160 valence electrons. The number of hydrogen-bond acceptors (Lipinski definition) is 4. The Morgan fingerprint density at radius 1 is 1.17 bits per heavy atom. The molecule has 1 aromatic carbocycles. The molecule has 30 heavy (non-hydrogen) atoms. The van der Waals surface area contributed by atoms with Gasteiger partial charge >= 0.3 is 0 Å². The maximum absolute atomic E-state index is 12.8. The van der Waals surface area contributed by atoms with Crippen LogP contribution in [0.3, 0.4) is 0 Å². The van der Waals surface area contributed by atoms with Gasteiger partial charge in [-0.1, -0.05) is 32.6 Å². The Hall–Kier alpha value is -2.54. The monoisotopic (exact) mass is 426 g/mol. The minimum atomic E-state index is -2.85. The first-order chi connectivity index (χ1) is 14.4. The van der Waals surface area contributed by atoms with Gasteiger partial charge in [0.1, 0.15) is 5.52 Å². The van der Waals surface area contributed by atoms with Gasteiger partial charge in [0.05, 0.1) is 9.73 Å². The van der Waals surface area contributed by atoms with Crippen molar-refractivity contribution >= 4 is 26.3 Å². The van der Waals surface area contributed by atoms with E-state index in [0.29, 0.717) is 16.5 Å². The summed E-state index contributed by atoms with van der Waals surface area (Å²) in [4.78, 5) is 16.1. The number of H-pyrrole nitrogens is 1. The zero-order valence-corrected chi connectivity index (χ0v) is 18.5. The van der Waals surface area contributed by atoms with Gasteiger partial charge in [-0.05, 0) is 37.1 Å². The number of anilines is 1. The Morgan fingerprint density at radius 3 is 2.60 bits per heavy atom. The molecule has 0 spiro atoms.